The van der Waals surface area contributed by atoms with Crippen LogP contribution in [-0.2, 0) is 22.3 Å². The highest BCUT2D eigenvalue weighted by Gasteiger charge is 2.30. The number of hydrogen-bond acceptors (Lipinski definition) is 5. The van der Waals surface area contributed by atoms with Gasteiger partial charge in [0.15, 0.2) is 18.3 Å². The predicted octanol–water partition coefficient (Wildman–Crippen LogP) is 2.44. The van der Waals surface area contributed by atoms with Crippen molar-refractivity contribution in [3.8, 4) is 17.2 Å². The third kappa shape index (κ3) is 3.49. The normalized spacial score (nSPS) is 16.4. The van der Waals surface area contributed by atoms with E-state index in [-0.39, 0.29) is 18.6 Å². The van der Waals surface area contributed by atoms with Crippen molar-refractivity contribution in [2.45, 2.75) is 25.9 Å². The van der Waals surface area contributed by atoms with E-state index < -0.39 is 0 Å². The molecule has 116 valence electrons. The Hall–Kier alpha value is -1.72. The molecule has 0 spiro atoms. The van der Waals surface area contributed by atoms with Gasteiger partial charge < -0.3 is 24.1 Å². The average Bonchev–Trinajstić information content (AvgIpc) is 2.91. The Labute approximate surface area is 125 Å². The maximum atomic E-state index is 10.1. The first-order chi connectivity index (χ1) is 10.2. The third-order valence-electron chi connectivity index (χ3n) is 3.34. The second kappa shape index (κ2) is 7.33. The van der Waals surface area contributed by atoms with E-state index in [9.17, 15) is 5.11 Å². The summed E-state index contributed by atoms with van der Waals surface area (Å²) >= 11 is 0. The number of fused-ring (bicyclic) bond motifs is 1. The molecule has 5 nitrogen and oxygen atoms in total. The minimum absolute atomic E-state index is 0.0768. The Morgan fingerprint density at radius 1 is 1.52 bits per heavy atom. The summed E-state index contributed by atoms with van der Waals surface area (Å²) in [5.74, 6) is 1.22. The minimum atomic E-state index is -0.0768. The van der Waals surface area contributed by atoms with Gasteiger partial charge in [0.05, 0.1) is 6.61 Å². The number of phenols is 1. The molecule has 0 radical (unpaired) electrons. The summed E-state index contributed by atoms with van der Waals surface area (Å²) in [6.07, 6.45) is 3.07. The lowest BCUT2D eigenvalue weighted by molar-refractivity contribution is 0.0503. The van der Waals surface area contributed by atoms with Gasteiger partial charge in [-0.2, -0.15) is 0 Å². The van der Waals surface area contributed by atoms with Gasteiger partial charge in [-0.3, -0.25) is 0 Å². The van der Waals surface area contributed by atoms with Crippen LogP contribution in [0.15, 0.2) is 18.7 Å². The molecule has 5 heteroatoms. The molecule has 1 aliphatic rings. The van der Waals surface area contributed by atoms with Gasteiger partial charge in [0.1, 0.15) is 11.9 Å². The Morgan fingerprint density at radius 3 is 3.00 bits per heavy atom. The van der Waals surface area contributed by atoms with Crippen molar-refractivity contribution < 1.29 is 24.1 Å². The smallest absolute Gasteiger partial charge is 0.188 e. The lowest BCUT2D eigenvalue weighted by Gasteiger charge is -2.14. The van der Waals surface area contributed by atoms with Crippen molar-refractivity contribution >= 4 is 0 Å². The highest BCUT2D eigenvalue weighted by Crippen LogP contribution is 2.44. The van der Waals surface area contributed by atoms with E-state index in [2.05, 4.69) is 6.58 Å². The van der Waals surface area contributed by atoms with Crippen LogP contribution in [-0.4, -0.2) is 38.3 Å². The Kier molecular flexibility index (Phi) is 5.47. The van der Waals surface area contributed by atoms with Gasteiger partial charge in [0.2, 0.25) is 0 Å². The van der Waals surface area contributed by atoms with Crippen LogP contribution in [0, 0.1) is 0 Å². The number of rotatable bonds is 8. The minimum Gasteiger partial charge on any atom is -0.504 e. The van der Waals surface area contributed by atoms with E-state index in [1.807, 2.05) is 13.0 Å². The van der Waals surface area contributed by atoms with Crippen molar-refractivity contribution in [2.75, 3.05) is 27.1 Å². The second-order valence-corrected chi connectivity index (χ2v) is 4.83. The third-order valence-corrected chi connectivity index (χ3v) is 3.34. The summed E-state index contributed by atoms with van der Waals surface area (Å²) in [6.45, 7) is 7.00. The summed E-state index contributed by atoms with van der Waals surface area (Å²) < 4.78 is 21.7. The van der Waals surface area contributed by atoms with E-state index in [4.69, 9.17) is 18.9 Å². The Balaban J connectivity index is 2.29. The molecule has 0 aliphatic carbocycles. The lowest BCUT2D eigenvalue weighted by Crippen LogP contribution is -2.20. The molecule has 1 N–H and O–H groups in total. The van der Waals surface area contributed by atoms with Gasteiger partial charge in [0, 0.05) is 37.3 Å². The molecule has 1 heterocycles. The average molecular weight is 294 g/mol. The molecule has 0 saturated heterocycles. The van der Waals surface area contributed by atoms with E-state index in [1.165, 1.54) is 0 Å². The number of hydrogen-bond donors (Lipinski definition) is 1. The van der Waals surface area contributed by atoms with Crippen molar-refractivity contribution in [3.05, 3.63) is 29.8 Å². The van der Waals surface area contributed by atoms with Gasteiger partial charge in [-0.1, -0.05) is 6.08 Å². The van der Waals surface area contributed by atoms with Gasteiger partial charge in [0.25, 0.3) is 0 Å². The summed E-state index contributed by atoms with van der Waals surface area (Å²) in [7, 11) is 1.56. The topological polar surface area (TPSA) is 57.2 Å². The first kappa shape index (κ1) is 15.7. The molecular formula is C16H22O5. The highest BCUT2D eigenvalue weighted by molar-refractivity contribution is 5.59. The second-order valence-electron chi connectivity index (χ2n) is 4.83. The highest BCUT2D eigenvalue weighted by atomic mass is 16.7. The Bertz CT molecular complexity index is 498. The summed E-state index contributed by atoms with van der Waals surface area (Å²) in [4.78, 5) is 0. The molecule has 1 aliphatic heterocycles. The zero-order valence-electron chi connectivity index (χ0n) is 12.6. The molecule has 1 aromatic rings. The SMILES string of the molecule is C=CCc1c(OCOC)cc(O)c2c1CC(COCC)O2. The van der Waals surface area contributed by atoms with E-state index in [0.717, 1.165) is 11.1 Å². The largest absolute Gasteiger partial charge is 0.504 e. The molecule has 21 heavy (non-hydrogen) atoms. The standard InChI is InChI=1S/C16H22O5/c1-4-6-12-13-7-11(9-19-5-2)21-16(13)14(17)8-15(12)20-10-18-3/h4,8,11,17H,1,5-7,9-10H2,2-3H3. The fraction of sp³-hybridized carbons (Fsp3) is 0.500. The van der Waals surface area contributed by atoms with Crippen molar-refractivity contribution in [1.82, 2.24) is 0 Å². The first-order valence-corrected chi connectivity index (χ1v) is 7.06. The maximum Gasteiger partial charge on any atom is 0.188 e. The molecule has 0 amide bonds. The molecule has 0 aromatic heterocycles. The first-order valence-electron chi connectivity index (χ1n) is 7.06. The van der Waals surface area contributed by atoms with Crippen LogP contribution in [0.5, 0.6) is 17.2 Å². The Morgan fingerprint density at radius 2 is 2.33 bits per heavy atom. The quantitative estimate of drug-likeness (QED) is 0.589. The number of ether oxygens (including phenoxy) is 4. The number of phenolic OH excluding ortho intramolecular Hbond substituents is 1. The molecule has 0 fully saturated rings. The van der Waals surface area contributed by atoms with Gasteiger partial charge in [-0.15, -0.1) is 6.58 Å². The maximum absolute atomic E-state index is 10.1. The fourth-order valence-electron chi connectivity index (χ4n) is 2.46. The van der Waals surface area contributed by atoms with Crippen LogP contribution in [0.1, 0.15) is 18.1 Å². The van der Waals surface area contributed by atoms with Gasteiger partial charge >= 0.3 is 0 Å². The zero-order chi connectivity index (χ0) is 15.2. The summed E-state index contributed by atoms with van der Waals surface area (Å²) in [6, 6.07) is 1.57. The zero-order valence-corrected chi connectivity index (χ0v) is 12.6. The van der Waals surface area contributed by atoms with Crippen LogP contribution in [0.2, 0.25) is 0 Å². The molecule has 2 rings (SSSR count). The van der Waals surface area contributed by atoms with Gasteiger partial charge in [-0.25, -0.2) is 0 Å². The summed E-state index contributed by atoms with van der Waals surface area (Å²) in [5.41, 5.74) is 1.94. The van der Waals surface area contributed by atoms with Crippen molar-refractivity contribution in [1.29, 1.82) is 0 Å². The number of methoxy groups -OCH3 is 1. The molecule has 1 atom stereocenters. The van der Waals surface area contributed by atoms with E-state index in [1.54, 1.807) is 13.2 Å². The van der Waals surface area contributed by atoms with Crippen molar-refractivity contribution in [3.63, 3.8) is 0 Å². The molecule has 1 unspecified atom stereocenters. The van der Waals surface area contributed by atoms with Crippen LogP contribution in [0.25, 0.3) is 0 Å². The summed E-state index contributed by atoms with van der Waals surface area (Å²) in [5, 5.41) is 10.1. The van der Waals surface area contributed by atoms with E-state index in [0.29, 0.717) is 37.6 Å². The molecular weight excluding hydrogens is 272 g/mol. The molecule has 1 aromatic carbocycles. The monoisotopic (exact) mass is 294 g/mol. The number of allylic oxidation sites excluding steroid dienone is 1. The van der Waals surface area contributed by atoms with Crippen LogP contribution >= 0.6 is 0 Å². The van der Waals surface area contributed by atoms with Crippen LogP contribution in [0.4, 0.5) is 0 Å². The lowest BCUT2D eigenvalue weighted by atomic mass is 9.99. The number of aromatic hydroxyl groups is 1. The van der Waals surface area contributed by atoms with Crippen LogP contribution < -0.4 is 9.47 Å². The molecule has 0 saturated carbocycles. The predicted molar refractivity (Wildman–Crippen MR) is 79.1 cm³/mol. The van der Waals surface area contributed by atoms with Gasteiger partial charge in [-0.05, 0) is 13.3 Å². The van der Waals surface area contributed by atoms with Crippen LogP contribution in [0.3, 0.4) is 0 Å². The van der Waals surface area contributed by atoms with E-state index >= 15 is 0 Å². The fourth-order valence-corrected chi connectivity index (χ4v) is 2.46. The van der Waals surface area contributed by atoms with Crippen molar-refractivity contribution in [2.24, 2.45) is 0 Å². The molecule has 0 bridgehead atoms. The number of benzene rings is 1.